The fourth-order valence-electron chi connectivity index (χ4n) is 2.12. The van der Waals surface area contributed by atoms with E-state index >= 15 is 0 Å². The zero-order chi connectivity index (χ0) is 20.1. The molecule has 0 spiro atoms. The Kier molecular flexibility index (Phi) is 9.60. The number of nitrogens with zero attached hydrogens (tertiary/aromatic N) is 3. The van der Waals surface area contributed by atoms with Gasteiger partial charge < -0.3 is 10.6 Å². The van der Waals surface area contributed by atoms with E-state index in [9.17, 15) is 13.2 Å². The van der Waals surface area contributed by atoms with Crippen molar-refractivity contribution < 1.29 is 13.2 Å². The van der Waals surface area contributed by atoms with Crippen molar-refractivity contribution in [1.29, 1.82) is 0 Å². The van der Waals surface area contributed by atoms with Crippen LogP contribution in [0, 0.1) is 0 Å². The standard InChI is InChI=1S/C17H24F3N5S2.HI/c1-16(2,3)11-9-26-13(24-11)5-7-22-15(21-4)23-8-6-14-25-12(10-27-14)17(18,19)20;/h9-10H,5-8H2,1-4H3,(H2,21,22,23);1H. The Bertz CT molecular complexity index is 705. The first-order valence-corrected chi connectivity index (χ1v) is 10.3. The summed E-state index contributed by atoms with van der Waals surface area (Å²) < 4.78 is 37.6. The van der Waals surface area contributed by atoms with Crippen LogP contribution in [0.2, 0.25) is 0 Å². The number of nitrogens with one attached hydrogen (secondary N) is 2. The van der Waals surface area contributed by atoms with Crippen molar-refractivity contribution in [3.8, 4) is 0 Å². The van der Waals surface area contributed by atoms with E-state index in [1.54, 1.807) is 18.4 Å². The largest absolute Gasteiger partial charge is 0.434 e. The molecule has 0 atom stereocenters. The van der Waals surface area contributed by atoms with Gasteiger partial charge in [0.15, 0.2) is 11.7 Å². The second-order valence-corrected chi connectivity index (χ2v) is 8.81. The Labute approximate surface area is 188 Å². The Morgan fingerprint density at radius 3 is 1.79 bits per heavy atom. The predicted molar refractivity (Wildman–Crippen MR) is 120 cm³/mol. The average molecular weight is 547 g/mol. The van der Waals surface area contributed by atoms with Crippen LogP contribution in [0.15, 0.2) is 15.8 Å². The van der Waals surface area contributed by atoms with Crippen LogP contribution in [0.1, 0.15) is 42.2 Å². The normalized spacial score (nSPS) is 12.6. The van der Waals surface area contributed by atoms with Gasteiger partial charge in [-0.2, -0.15) is 13.2 Å². The molecule has 0 amide bonds. The third-order valence-electron chi connectivity index (χ3n) is 3.65. The molecule has 2 heterocycles. The lowest BCUT2D eigenvalue weighted by molar-refractivity contribution is -0.140. The summed E-state index contributed by atoms with van der Waals surface area (Å²) in [4.78, 5) is 12.4. The average Bonchev–Trinajstić information content (AvgIpc) is 3.21. The van der Waals surface area contributed by atoms with Gasteiger partial charge in [-0.05, 0) is 0 Å². The van der Waals surface area contributed by atoms with Crippen LogP contribution < -0.4 is 10.6 Å². The molecule has 2 N–H and O–H groups in total. The molecule has 0 unspecified atom stereocenters. The number of hydrogen-bond donors (Lipinski definition) is 2. The Balaban J connectivity index is 0.00000392. The van der Waals surface area contributed by atoms with E-state index in [1.165, 1.54) is 0 Å². The zero-order valence-electron chi connectivity index (χ0n) is 16.2. The van der Waals surface area contributed by atoms with Gasteiger partial charge >= 0.3 is 6.18 Å². The number of aromatic nitrogens is 2. The topological polar surface area (TPSA) is 62.2 Å². The molecule has 158 valence electrons. The van der Waals surface area contributed by atoms with Crippen molar-refractivity contribution in [3.63, 3.8) is 0 Å². The number of aliphatic imine (C=N–C) groups is 1. The molecule has 0 aromatic carbocycles. The van der Waals surface area contributed by atoms with Crippen molar-refractivity contribution in [2.45, 2.75) is 45.2 Å². The molecule has 28 heavy (non-hydrogen) atoms. The minimum Gasteiger partial charge on any atom is -0.356 e. The highest BCUT2D eigenvalue weighted by Gasteiger charge is 2.33. The highest BCUT2D eigenvalue weighted by molar-refractivity contribution is 14.0. The Hall–Kier alpha value is -0.950. The smallest absolute Gasteiger partial charge is 0.356 e. The van der Waals surface area contributed by atoms with Gasteiger partial charge in [-0.25, -0.2) is 9.97 Å². The minimum atomic E-state index is -4.39. The van der Waals surface area contributed by atoms with Gasteiger partial charge in [-0.15, -0.1) is 46.7 Å². The van der Waals surface area contributed by atoms with Gasteiger partial charge in [-0.3, -0.25) is 4.99 Å². The maximum atomic E-state index is 12.5. The molecule has 2 aromatic rings. The highest BCUT2D eigenvalue weighted by Crippen LogP contribution is 2.30. The minimum absolute atomic E-state index is 0. The lowest BCUT2D eigenvalue weighted by Gasteiger charge is -2.14. The number of thiazole rings is 2. The van der Waals surface area contributed by atoms with Gasteiger partial charge in [0, 0.05) is 49.2 Å². The summed E-state index contributed by atoms with van der Waals surface area (Å²) in [5.41, 5.74) is 0.302. The van der Waals surface area contributed by atoms with Crippen molar-refractivity contribution in [2.75, 3.05) is 20.1 Å². The summed E-state index contributed by atoms with van der Waals surface area (Å²) >= 11 is 2.66. The lowest BCUT2D eigenvalue weighted by atomic mass is 9.93. The van der Waals surface area contributed by atoms with Crippen molar-refractivity contribution in [1.82, 2.24) is 20.6 Å². The number of alkyl halides is 3. The van der Waals surface area contributed by atoms with Gasteiger partial charge in [0.2, 0.25) is 0 Å². The van der Waals surface area contributed by atoms with E-state index in [-0.39, 0.29) is 29.4 Å². The van der Waals surface area contributed by atoms with E-state index in [4.69, 9.17) is 0 Å². The van der Waals surface area contributed by atoms with Gasteiger partial charge in [-0.1, -0.05) is 20.8 Å². The van der Waals surface area contributed by atoms with Crippen molar-refractivity contribution in [3.05, 3.63) is 32.2 Å². The summed E-state index contributed by atoms with van der Waals surface area (Å²) in [5, 5.41) is 10.9. The Morgan fingerprint density at radius 2 is 1.43 bits per heavy atom. The molecule has 0 fully saturated rings. The van der Waals surface area contributed by atoms with Crippen LogP contribution in [0.5, 0.6) is 0 Å². The summed E-state index contributed by atoms with van der Waals surface area (Å²) in [5.74, 6) is 0.607. The predicted octanol–water partition coefficient (Wildman–Crippen LogP) is 4.48. The van der Waals surface area contributed by atoms with E-state index in [2.05, 4.69) is 51.7 Å². The summed E-state index contributed by atoms with van der Waals surface area (Å²) in [7, 11) is 1.65. The van der Waals surface area contributed by atoms with Gasteiger partial charge in [0.05, 0.1) is 15.7 Å². The van der Waals surface area contributed by atoms with Crippen LogP contribution in [0.25, 0.3) is 0 Å². The quantitative estimate of drug-likeness (QED) is 0.318. The van der Waals surface area contributed by atoms with Gasteiger partial charge in [0.1, 0.15) is 0 Å². The van der Waals surface area contributed by atoms with E-state index in [0.717, 1.165) is 33.8 Å². The molecular weight excluding hydrogens is 522 g/mol. The second-order valence-electron chi connectivity index (χ2n) is 6.93. The van der Waals surface area contributed by atoms with Crippen LogP contribution in [0.3, 0.4) is 0 Å². The fourth-order valence-corrected chi connectivity index (χ4v) is 3.95. The van der Waals surface area contributed by atoms with Crippen LogP contribution >= 0.6 is 46.7 Å². The number of rotatable bonds is 6. The molecule has 0 bridgehead atoms. The molecule has 0 radical (unpaired) electrons. The van der Waals surface area contributed by atoms with Crippen molar-refractivity contribution in [2.24, 2.45) is 4.99 Å². The SMILES string of the molecule is CN=C(NCCc1nc(C(C)(C)C)cs1)NCCc1nc(C(F)(F)F)cs1.I. The molecule has 0 saturated heterocycles. The van der Waals surface area contributed by atoms with Crippen LogP contribution in [-0.4, -0.2) is 36.1 Å². The maximum Gasteiger partial charge on any atom is 0.434 e. The van der Waals surface area contributed by atoms with E-state index in [0.29, 0.717) is 30.5 Å². The molecule has 11 heteroatoms. The summed E-state index contributed by atoms with van der Waals surface area (Å²) in [6.07, 6.45) is -3.20. The molecule has 0 aliphatic heterocycles. The molecule has 0 saturated carbocycles. The summed E-state index contributed by atoms with van der Waals surface area (Å²) in [6.45, 7) is 7.53. The zero-order valence-corrected chi connectivity index (χ0v) is 20.1. The number of halogens is 4. The first-order valence-electron chi connectivity index (χ1n) is 8.50. The fraction of sp³-hybridized carbons (Fsp3) is 0.588. The molecule has 2 aromatic heterocycles. The maximum absolute atomic E-state index is 12.5. The monoisotopic (exact) mass is 547 g/mol. The third kappa shape index (κ3) is 7.82. The molecule has 0 aliphatic rings. The third-order valence-corrected chi connectivity index (χ3v) is 5.47. The van der Waals surface area contributed by atoms with Crippen LogP contribution in [-0.2, 0) is 24.4 Å². The Morgan fingerprint density at radius 1 is 0.964 bits per heavy atom. The van der Waals surface area contributed by atoms with Crippen LogP contribution in [0.4, 0.5) is 13.2 Å². The molecular formula is C17H25F3IN5S2. The number of guanidine groups is 1. The molecule has 2 rings (SSSR count). The highest BCUT2D eigenvalue weighted by atomic mass is 127. The second kappa shape index (κ2) is 10.7. The molecule has 5 nitrogen and oxygen atoms in total. The summed E-state index contributed by atoms with van der Waals surface area (Å²) in [6, 6.07) is 0. The van der Waals surface area contributed by atoms with Gasteiger partial charge in [0.25, 0.3) is 0 Å². The molecule has 0 aliphatic carbocycles. The first kappa shape index (κ1) is 25.1. The number of hydrogen-bond acceptors (Lipinski definition) is 5. The van der Waals surface area contributed by atoms with E-state index in [1.807, 2.05) is 0 Å². The van der Waals surface area contributed by atoms with E-state index < -0.39 is 11.9 Å². The van der Waals surface area contributed by atoms with Crippen molar-refractivity contribution >= 4 is 52.6 Å². The lowest BCUT2D eigenvalue weighted by Crippen LogP contribution is -2.39. The first-order chi connectivity index (χ1) is 12.6.